The summed E-state index contributed by atoms with van der Waals surface area (Å²) in [5.74, 6) is 0. The molecule has 0 radical (unpaired) electrons. The number of benzene rings is 1. The van der Waals surface area contributed by atoms with E-state index in [-0.39, 0.29) is 5.69 Å². The van der Waals surface area contributed by atoms with Gasteiger partial charge in [0.2, 0.25) is 5.43 Å². The van der Waals surface area contributed by atoms with Gasteiger partial charge in [0.25, 0.3) is 5.24 Å². The van der Waals surface area contributed by atoms with E-state index < -0.39 is 10.7 Å². The van der Waals surface area contributed by atoms with Crippen LogP contribution < -0.4 is 5.43 Å². The lowest BCUT2D eigenvalue weighted by atomic mass is 10.3. The lowest BCUT2D eigenvalue weighted by molar-refractivity contribution is 0.107. The van der Waals surface area contributed by atoms with Crippen LogP contribution in [0.4, 0.5) is 0 Å². The van der Waals surface area contributed by atoms with E-state index in [0.717, 1.165) is 0 Å². The van der Waals surface area contributed by atoms with E-state index in [1.54, 1.807) is 31.2 Å². The first-order valence-electron chi connectivity index (χ1n) is 5.06. The number of carbonyl (C=O) groups is 1. The van der Waals surface area contributed by atoms with Crippen molar-refractivity contribution in [1.29, 1.82) is 0 Å². The van der Waals surface area contributed by atoms with Crippen LogP contribution in [-0.4, -0.2) is 15.0 Å². The SMILES string of the molecule is Cc1cc(=O)c(C(=O)Cl)nn1-c1cccc(Cl)c1. The van der Waals surface area contributed by atoms with Gasteiger partial charge >= 0.3 is 0 Å². The van der Waals surface area contributed by atoms with Gasteiger partial charge in [0.1, 0.15) is 0 Å². The molecule has 0 aliphatic rings. The van der Waals surface area contributed by atoms with Crippen molar-refractivity contribution in [3.63, 3.8) is 0 Å². The van der Waals surface area contributed by atoms with Gasteiger partial charge < -0.3 is 0 Å². The Kier molecular flexibility index (Phi) is 3.50. The summed E-state index contributed by atoms with van der Waals surface area (Å²) in [4.78, 5) is 22.6. The van der Waals surface area contributed by atoms with Crippen molar-refractivity contribution in [2.75, 3.05) is 0 Å². The molecule has 6 heteroatoms. The van der Waals surface area contributed by atoms with Crippen LogP contribution in [-0.2, 0) is 0 Å². The third-order valence-electron chi connectivity index (χ3n) is 2.35. The summed E-state index contributed by atoms with van der Waals surface area (Å²) in [5, 5.41) is 3.60. The first-order chi connectivity index (χ1) is 8.49. The zero-order valence-electron chi connectivity index (χ0n) is 9.35. The highest BCUT2D eigenvalue weighted by molar-refractivity contribution is 6.67. The van der Waals surface area contributed by atoms with Crippen LogP contribution in [0.2, 0.25) is 5.02 Å². The highest BCUT2D eigenvalue weighted by atomic mass is 35.5. The normalized spacial score (nSPS) is 10.4. The quantitative estimate of drug-likeness (QED) is 0.796. The number of aromatic nitrogens is 2. The zero-order valence-corrected chi connectivity index (χ0v) is 10.9. The summed E-state index contributed by atoms with van der Waals surface area (Å²) in [7, 11) is 0. The average molecular weight is 283 g/mol. The fraction of sp³-hybridized carbons (Fsp3) is 0.0833. The molecule has 4 nitrogen and oxygen atoms in total. The van der Waals surface area contributed by atoms with Gasteiger partial charge in [-0.2, -0.15) is 5.10 Å². The van der Waals surface area contributed by atoms with Gasteiger partial charge in [0, 0.05) is 16.8 Å². The molecule has 0 atom stereocenters. The van der Waals surface area contributed by atoms with E-state index in [4.69, 9.17) is 23.2 Å². The fourth-order valence-electron chi connectivity index (χ4n) is 1.55. The molecule has 92 valence electrons. The first kappa shape index (κ1) is 12.8. The highest BCUT2D eigenvalue weighted by Gasteiger charge is 2.12. The van der Waals surface area contributed by atoms with E-state index in [2.05, 4.69) is 5.10 Å². The summed E-state index contributed by atoms with van der Waals surface area (Å²) in [6, 6.07) is 8.21. The average Bonchev–Trinajstić information content (AvgIpc) is 2.28. The molecule has 0 bridgehead atoms. The van der Waals surface area contributed by atoms with Crippen molar-refractivity contribution in [2.24, 2.45) is 0 Å². The van der Waals surface area contributed by atoms with Crippen molar-refractivity contribution in [2.45, 2.75) is 6.92 Å². The van der Waals surface area contributed by atoms with Crippen LogP contribution in [0.5, 0.6) is 0 Å². The van der Waals surface area contributed by atoms with Gasteiger partial charge in [0.15, 0.2) is 5.69 Å². The van der Waals surface area contributed by atoms with Crippen molar-refractivity contribution >= 4 is 28.4 Å². The van der Waals surface area contributed by atoms with Crippen LogP contribution in [0.1, 0.15) is 16.2 Å². The number of hydrogen-bond acceptors (Lipinski definition) is 3. The maximum Gasteiger partial charge on any atom is 0.276 e. The van der Waals surface area contributed by atoms with Gasteiger partial charge in [-0.05, 0) is 36.7 Å². The summed E-state index contributed by atoms with van der Waals surface area (Å²) in [6.07, 6.45) is 0. The molecule has 1 heterocycles. The Hall–Kier alpha value is -1.65. The molecule has 18 heavy (non-hydrogen) atoms. The lowest BCUT2D eigenvalue weighted by Gasteiger charge is -2.10. The molecule has 0 saturated carbocycles. The summed E-state index contributed by atoms with van der Waals surface area (Å²) < 4.78 is 1.45. The van der Waals surface area contributed by atoms with Gasteiger partial charge in [-0.25, -0.2) is 4.68 Å². The second-order valence-electron chi connectivity index (χ2n) is 3.66. The number of rotatable bonds is 2. The molecule has 2 rings (SSSR count). The number of nitrogens with zero attached hydrogens (tertiary/aromatic N) is 2. The van der Waals surface area contributed by atoms with E-state index in [0.29, 0.717) is 16.4 Å². The molecule has 0 saturated heterocycles. The van der Waals surface area contributed by atoms with E-state index in [9.17, 15) is 9.59 Å². The minimum atomic E-state index is -0.879. The monoisotopic (exact) mass is 282 g/mol. The Morgan fingerprint density at radius 2 is 2.06 bits per heavy atom. The molecule has 0 fully saturated rings. The van der Waals surface area contributed by atoms with Crippen LogP contribution in [0.3, 0.4) is 0 Å². The van der Waals surface area contributed by atoms with Crippen LogP contribution in [0, 0.1) is 6.92 Å². The van der Waals surface area contributed by atoms with Gasteiger partial charge in [-0.15, -0.1) is 0 Å². The third-order valence-corrected chi connectivity index (χ3v) is 2.76. The maximum atomic E-state index is 11.5. The predicted octanol–water partition coefficient (Wildman–Crippen LogP) is 2.57. The highest BCUT2D eigenvalue weighted by Crippen LogP contribution is 2.15. The predicted molar refractivity (Wildman–Crippen MR) is 69.8 cm³/mol. The molecule has 0 amide bonds. The number of carbonyl (C=O) groups excluding carboxylic acids is 1. The zero-order chi connectivity index (χ0) is 13.3. The molecule has 0 spiro atoms. The second kappa shape index (κ2) is 4.92. The lowest BCUT2D eigenvalue weighted by Crippen LogP contribution is -2.20. The van der Waals surface area contributed by atoms with E-state index >= 15 is 0 Å². The van der Waals surface area contributed by atoms with Crippen LogP contribution >= 0.6 is 23.2 Å². The number of halogens is 2. The van der Waals surface area contributed by atoms with Gasteiger partial charge in [-0.1, -0.05) is 17.7 Å². The Bertz CT molecular complexity index is 680. The standard InChI is InChI=1S/C12H8Cl2N2O2/c1-7-5-10(17)11(12(14)18)15-16(7)9-4-2-3-8(13)6-9/h2-6H,1H3. The third kappa shape index (κ3) is 2.44. The first-order valence-corrected chi connectivity index (χ1v) is 5.81. The Morgan fingerprint density at radius 3 is 2.67 bits per heavy atom. The largest absolute Gasteiger partial charge is 0.287 e. The topological polar surface area (TPSA) is 52.0 Å². The van der Waals surface area contributed by atoms with E-state index in [1.807, 2.05) is 0 Å². The minimum Gasteiger partial charge on any atom is -0.287 e. The van der Waals surface area contributed by atoms with Crippen LogP contribution in [0.25, 0.3) is 5.69 Å². The van der Waals surface area contributed by atoms with Crippen LogP contribution in [0.15, 0.2) is 35.1 Å². The minimum absolute atomic E-state index is 0.303. The van der Waals surface area contributed by atoms with Gasteiger partial charge in [0.05, 0.1) is 5.69 Å². The summed E-state index contributed by atoms with van der Waals surface area (Å²) in [5.41, 5.74) is 0.441. The molecule has 0 N–H and O–H groups in total. The number of hydrogen-bond donors (Lipinski definition) is 0. The van der Waals surface area contributed by atoms with Crippen molar-refractivity contribution in [1.82, 2.24) is 9.78 Å². The molecule has 1 aromatic carbocycles. The van der Waals surface area contributed by atoms with Crippen molar-refractivity contribution in [3.8, 4) is 5.69 Å². The number of aryl methyl sites for hydroxylation is 1. The smallest absolute Gasteiger partial charge is 0.276 e. The van der Waals surface area contributed by atoms with Crippen molar-refractivity contribution in [3.05, 3.63) is 57.0 Å². The Morgan fingerprint density at radius 1 is 1.33 bits per heavy atom. The fourth-order valence-corrected chi connectivity index (χ4v) is 1.87. The molecular formula is C12H8Cl2N2O2. The molecule has 0 aliphatic heterocycles. The van der Waals surface area contributed by atoms with E-state index in [1.165, 1.54) is 10.7 Å². The Balaban J connectivity index is 2.68. The molecule has 0 unspecified atom stereocenters. The summed E-state index contributed by atoms with van der Waals surface area (Å²) >= 11 is 11.2. The second-order valence-corrected chi connectivity index (χ2v) is 4.44. The molecule has 2 aromatic rings. The maximum absolute atomic E-state index is 11.5. The molecule has 1 aromatic heterocycles. The molecular weight excluding hydrogens is 275 g/mol. The van der Waals surface area contributed by atoms with Crippen molar-refractivity contribution < 1.29 is 4.79 Å². The Labute approximate surface area is 113 Å². The van der Waals surface area contributed by atoms with Gasteiger partial charge in [-0.3, -0.25) is 9.59 Å². The molecule has 0 aliphatic carbocycles. The summed E-state index contributed by atoms with van der Waals surface area (Å²) in [6.45, 7) is 1.71.